The highest BCUT2D eigenvalue weighted by Gasteiger charge is 2.25. The number of carbonyl (C=O) groups excluding carboxylic acids is 1. The molecule has 0 aromatic rings. The van der Waals surface area contributed by atoms with Crippen molar-refractivity contribution in [3.05, 3.63) is 11.7 Å². The van der Waals surface area contributed by atoms with Gasteiger partial charge in [-0.1, -0.05) is 33.1 Å². The second kappa shape index (κ2) is 8.25. The Morgan fingerprint density at radius 2 is 1.88 bits per heavy atom. The van der Waals surface area contributed by atoms with Crippen LogP contribution in [0.3, 0.4) is 0 Å². The number of rotatable bonds is 7. The normalized spacial score (nSPS) is 12.1. The molecule has 0 aliphatic rings. The average molecular weight is 234 g/mol. The van der Waals surface area contributed by atoms with Crippen LogP contribution in [0.15, 0.2) is 11.7 Å². The molecule has 0 amide bonds. The summed E-state index contributed by atoms with van der Waals surface area (Å²) in [5, 5.41) is 0. The molecule has 2 nitrogen and oxygen atoms in total. The predicted octanol–water partition coefficient (Wildman–Crippen LogP) is 3.92. The Bertz CT molecular complexity index is 245. The summed E-state index contributed by atoms with van der Waals surface area (Å²) < 4.78 is 29.7. The minimum atomic E-state index is -1.91. The van der Waals surface area contributed by atoms with Gasteiger partial charge in [-0.2, -0.15) is 8.78 Å². The first kappa shape index (κ1) is 15.1. The zero-order chi connectivity index (χ0) is 12.6. The molecule has 1 atom stereocenters. The molecule has 0 radical (unpaired) electrons. The molecule has 0 heterocycles. The Hall–Kier alpha value is -0.930. The summed E-state index contributed by atoms with van der Waals surface area (Å²) in [4.78, 5) is 11.2. The van der Waals surface area contributed by atoms with E-state index in [4.69, 9.17) is 0 Å². The van der Waals surface area contributed by atoms with Crippen molar-refractivity contribution < 1.29 is 18.3 Å². The van der Waals surface area contributed by atoms with Crippen molar-refractivity contribution in [3.63, 3.8) is 0 Å². The second-order valence-corrected chi connectivity index (χ2v) is 3.77. The fourth-order valence-corrected chi connectivity index (χ4v) is 1.70. The topological polar surface area (TPSA) is 26.3 Å². The fraction of sp³-hybridized carbons (Fsp3) is 0.750. The van der Waals surface area contributed by atoms with Gasteiger partial charge in [0.25, 0.3) is 6.08 Å². The first-order valence-electron chi connectivity index (χ1n) is 5.71. The number of hydrogen-bond acceptors (Lipinski definition) is 2. The average Bonchev–Trinajstić information content (AvgIpc) is 2.26. The lowest BCUT2D eigenvalue weighted by Crippen LogP contribution is -2.15. The van der Waals surface area contributed by atoms with E-state index in [1.165, 1.54) is 0 Å². The van der Waals surface area contributed by atoms with Gasteiger partial charge >= 0.3 is 5.97 Å². The first-order chi connectivity index (χ1) is 7.58. The summed E-state index contributed by atoms with van der Waals surface area (Å²) in [6.07, 6.45) is 2.14. The van der Waals surface area contributed by atoms with Crippen molar-refractivity contribution in [3.8, 4) is 0 Å². The molecule has 0 rings (SSSR count). The van der Waals surface area contributed by atoms with Crippen molar-refractivity contribution >= 4 is 5.97 Å². The van der Waals surface area contributed by atoms with Gasteiger partial charge < -0.3 is 4.74 Å². The highest BCUT2D eigenvalue weighted by Crippen LogP contribution is 2.27. The van der Waals surface area contributed by atoms with Gasteiger partial charge in [-0.15, -0.1) is 0 Å². The van der Waals surface area contributed by atoms with Gasteiger partial charge in [-0.3, -0.25) is 0 Å². The number of halogens is 2. The molecule has 0 aliphatic heterocycles. The van der Waals surface area contributed by atoms with Crippen LogP contribution in [0.25, 0.3) is 0 Å². The van der Waals surface area contributed by atoms with Crippen LogP contribution < -0.4 is 0 Å². The number of hydrogen-bond donors (Lipinski definition) is 0. The van der Waals surface area contributed by atoms with Crippen molar-refractivity contribution in [2.75, 3.05) is 7.11 Å². The van der Waals surface area contributed by atoms with Crippen molar-refractivity contribution in [1.82, 2.24) is 0 Å². The summed E-state index contributed by atoms with van der Waals surface area (Å²) in [6.45, 7) is 3.86. The van der Waals surface area contributed by atoms with E-state index >= 15 is 0 Å². The number of ether oxygens (including phenoxy) is 1. The third-order valence-corrected chi connectivity index (χ3v) is 2.67. The molecule has 16 heavy (non-hydrogen) atoms. The van der Waals surface area contributed by atoms with Crippen LogP contribution in [0, 0.1) is 5.92 Å². The smallest absolute Gasteiger partial charge is 0.339 e. The second-order valence-electron chi connectivity index (χ2n) is 3.77. The zero-order valence-corrected chi connectivity index (χ0v) is 10.2. The van der Waals surface area contributed by atoms with Gasteiger partial charge in [0.1, 0.15) is 5.57 Å². The van der Waals surface area contributed by atoms with E-state index in [1.54, 1.807) is 0 Å². The standard InChI is InChI=1S/C12H20F2O2/c1-4-6-7-8-9(5-2)10(11(13)14)12(15)16-3/h9H,4-8H2,1-3H3. The number of esters is 1. The Morgan fingerprint density at radius 1 is 1.25 bits per heavy atom. The van der Waals surface area contributed by atoms with Crippen LogP contribution in [0.5, 0.6) is 0 Å². The molecule has 0 fully saturated rings. The van der Waals surface area contributed by atoms with Crippen LogP contribution >= 0.6 is 0 Å². The molecular weight excluding hydrogens is 214 g/mol. The highest BCUT2D eigenvalue weighted by atomic mass is 19.3. The Balaban J connectivity index is 4.61. The van der Waals surface area contributed by atoms with Gasteiger partial charge in [-0.05, 0) is 18.8 Å². The van der Waals surface area contributed by atoms with Gasteiger partial charge in [-0.25, -0.2) is 4.79 Å². The van der Waals surface area contributed by atoms with Crippen molar-refractivity contribution in [1.29, 1.82) is 0 Å². The molecule has 1 unspecified atom stereocenters. The maximum Gasteiger partial charge on any atom is 0.339 e. The monoisotopic (exact) mass is 234 g/mol. The van der Waals surface area contributed by atoms with Crippen LogP contribution in [0.2, 0.25) is 0 Å². The molecule has 0 spiro atoms. The van der Waals surface area contributed by atoms with E-state index in [9.17, 15) is 13.6 Å². The van der Waals surface area contributed by atoms with Crippen LogP contribution in [0.1, 0.15) is 46.0 Å². The summed E-state index contributed by atoms with van der Waals surface area (Å²) in [5.74, 6) is -1.28. The number of carbonyl (C=O) groups is 1. The summed E-state index contributed by atoms with van der Waals surface area (Å²) in [7, 11) is 1.13. The molecule has 4 heteroatoms. The quantitative estimate of drug-likeness (QED) is 0.379. The van der Waals surface area contributed by atoms with Gasteiger partial charge in [0.15, 0.2) is 0 Å². The lowest BCUT2D eigenvalue weighted by Gasteiger charge is -2.15. The van der Waals surface area contributed by atoms with Crippen molar-refractivity contribution in [2.45, 2.75) is 46.0 Å². The van der Waals surface area contributed by atoms with E-state index in [0.29, 0.717) is 12.8 Å². The zero-order valence-electron chi connectivity index (χ0n) is 10.2. The van der Waals surface area contributed by atoms with E-state index < -0.39 is 17.6 Å². The van der Waals surface area contributed by atoms with E-state index in [-0.39, 0.29) is 5.92 Å². The molecule has 0 saturated heterocycles. The maximum absolute atomic E-state index is 12.7. The van der Waals surface area contributed by atoms with Gasteiger partial charge in [0.2, 0.25) is 0 Å². The fourth-order valence-electron chi connectivity index (χ4n) is 1.70. The van der Waals surface area contributed by atoms with Crippen molar-refractivity contribution in [2.24, 2.45) is 5.92 Å². The molecule has 0 aromatic carbocycles. The molecular formula is C12H20F2O2. The number of unbranched alkanes of at least 4 members (excludes halogenated alkanes) is 2. The largest absolute Gasteiger partial charge is 0.466 e. The van der Waals surface area contributed by atoms with Gasteiger partial charge in [0.05, 0.1) is 7.11 Å². The predicted molar refractivity (Wildman–Crippen MR) is 59.2 cm³/mol. The Labute approximate surface area is 95.7 Å². The van der Waals surface area contributed by atoms with E-state index in [2.05, 4.69) is 4.74 Å². The molecule has 0 saturated carbocycles. The molecule has 0 N–H and O–H groups in total. The minimum absolute atomic E-state index is 0.385. The molecule has 0 aromatic heterocycles. The van der Waals surface area contributed by atoms with E-state index in [0.717, 1.165) is 26.4 Å². The highest BCUT2D eigenvalue weighted by molar-refractivity contribution is 5.89. The third kappa shape index (κ3) is 4.73. The van der Waals surface area contributed by atoms with E-state index in [1.807, 2.05) is 13.8 Å². The third-order valence-electron chi connectivity index (χ3n) is 2.67. The van der Waals surface area contributed by atoms with Crippen LogP contribution in [0.4, 0.5) is 8.78 Å². The Morgan fingerprint density at radius 3 is 2.25 bits per heavy atom. The first-order valence-corrected chi connectivity index (χ1v) is 5.71. The van der Waals surface area contributed by atoms with Crippen LogP contribution in [-0.4, -0.2) is 13.1 Å². The van der Waals surface area contributed by atoms with Crippen LogP contribution in [-0.2, 0) is 9.53 Å². The lowest BCUT2D eigenvalue weighted by molar-refractivity contribution is -0.137. The number of methoxy groups -OCH3 is 1. The minimum Gasteiger partial charge on any atom is -0.466 e. The molecule has 0 bridgehead atoms. The molecule has 0 aliphatic carbocycles. The maximum atomic E-state index is 12.7. The van der Waals surface area contributed by atoms with Gasteiger partial charge in [0, 0.05) is 0 Å². The summed E-state index contributed by atoms with van der Waals surface area (Å²) in [6, 6.07) is 0. The molecule has 94 valence electrons. The summed E-state index contributed by atoms with van der Waals surface area (Å²) >= 11 is 0. The summed E-state index contributed by atoms with van der Waals surface area (Å²) in [5.41, 5.74) is -0.443. The lowest BCUT2D eigenvalue weighted by atomic mass is 9.91. The Kier molecular flexibility index (Phi) is 7.77. The SMILES string of the molecule is CCCCCC(CC)C(C(=O)OC)=C(F)F.